The second kappa shape index (κ2) is 8.00. The molecule has 5 nitrogen and oxygen atoms in total. The maximum absolute atomic E-state index is 13.0. The Labute approximate surface area is 150 Å². The topological polar surface area (TPSA) is 52.7 Å². The maximum Gasteiger partial charge on any atom is 0.228 e. The second-order valence-corrected chi connectivity index (χ2v) is 7.24. The van der Waals surface area contributed by atoms with Crippen molar-refractivity contribution in [1.29, 1.82) is 0 Å². The summed E-state index contributed by atoms with van der Waals surface area (Å²) in [6, 6.07) is 8.02. The first kappa shape index (κ1) is 17.9. The zero-order valence-electron chi connectivity index (χ0n) is 15.3. The fourth-order valence-electron chi connectivity index (χ4n) is 4.16. The van der Waals surface area contributed by atoms with Gasteiger partial charge in [-0.15, -0.1) is 0 Å². The highest BCUT2D eigenvalue weighted by molar-refractivity contribution is 6.00. The van der Waals surface area contributed by atoms with Crippen molar-refractivity contribution in [3.8, 4) is 0 Å². The van der Waals surface area contributed by atoms with E-state index in [1.54, 1.807) is 0 Å². The van der Waals surface area contributed by atoms with Gasteiger partial charge in [-0.25, -0.2) is 0 Å². The zero-order valence-corrected chi connectivity index (χ0v) is 15.3. The number of hydrogen-bond acceptors (Lipinski definition) is 3. The van der Waals surface area contributed by atoms with Gasteiger partial charge < -0.3 is 15.1 Å². The van der Waals surface area contributed by atoms with Gasteiger partial charge in [0.05, 0.1) is 5.92 Å². The lowest BCUT2D eigenvalue weighted by Gasteiger charge is -2.34. The average Bonchev–Trinajstić information content (AvgIpc) is 3.03. The van der Waals surface area contributed by atoms with Crippen molar-refractivity contribution < 1.29 is 9.59 Å². The molecule has 0 radical (unpaired) electrons. The first-order valence-electron chi connectivity index (χ1n) is 9.45. The van der Waals surface area contributed by atoms with Crippen molar-refractivity contribution in [1.82, 2.24) is 10.2 Å². The Morgan fingerprint density at radius 1 is 1.28 bits per heavy atom. The summed E-state index contributed by atoms with van der Waals surface area (Å²) >= 11 is 0. The van der Waals surface area contributed by atoms with Crippen molar-refractivity contribution in [3.63, 3.8) is 0 Å². The Balaban J connectivity index is 1.68. The van der Waals surface area contributed by atoms with Gasteiger partial charge in [0.2, 0.25) is 11.8 Å². The van der Waals surface area contributed by atoms with Gasteiger partial charge in [-0.3, -0.25) is 9.59 Å². The number of nitrogens with zero attached hydrogens (tertiary/aromatic N) is 2. The molecule has 0 aliphatic carbocycles. The van der Waals surface area contributed by atoms with Crippen LogP contribution in [0.4, 0.5) is 5.69 Å². The van der Waals surface area contributed by atoms with Crippen LogP contribution < -0.4 is 10.2 Å². The van der Waals surface area contributed by atoms with Crippen molar-refractivity contribution >= 4 is 17.5 Å². The summed E-state index contributed by atoms with van der Waals surface area (Å²) < 4.78 is 0. The predicted octanol–water partition coefficient (Wildman–Crippen LogP) is 2.06. The number of benzene rings is 1. The van der Waals surface area contributed by atoms with Gasteiger partial charge in [-0.05, 0) is 50.4 Å². The van der Waals surface area contributed by atoms with Crippen LogP contribution >= 0.6 is 0 Å². The fraction of sp³-hybridized carbons (Fsp3) is 0.600. The van der Waals surface area contributed by atoms with Crippen molar-refractivity contribution in [3.05, 3.63) is 29.8 Å². The summed E-state index contributed by atoms with van der Waals surface area (Å²) in [5.41, 5.74) is 2.13. The van der Waals surface area contributed by atoms with E-state index in [9.17, 15) is 9.59 Å². The van der Waals surface area contributed by atoms with E-state index in [4.69, 9.17) is 0 Å². The minimum Gasteiger partial charge on any atom is -0.342 e. The van der Waals surface area contributed by atoms with E-state index >= 15 is 0 Å². The summed E-state index contributed by atoms with van der Waals surface area (Å²) in [4.78, 5) is 29.3. The van der Waals surface area contributed by atoms with E-state index in [-0.39, 0.29) is 17.7 Å². The van der Waals surface area contributed by atoms with E-state index in [0.717, 1.165) is 43.7 Å². The van der Waals surface area contributed by atoms with Crippen LogP contribution in [0.2, 0.25) is 0 Å². The van der Waals surface area contributed by atoms with Gasteiger partial charge in [0.25, 0.3) is 0 Å². The molecule has 1 N–H and O–H groups in total. The summed E-state index contributed by atoms with van der Waals surface area (Å²) in [5.74, 6) is 0.552. The smallest absolute Gasteiger partial charge is 0.228 e. The second-order valence-electron chi connectivity index (χ2n) is 7.24. The molecular formula is C20H29N3O2. The highest BCUT2D eigenvalue weighted by Gasteiger charge is 2.38. The number of para-hydroxylation sites is 1. The Morgan fingerprint density at radius 2 is 2.08 bits per heavy atom. The van der Waals surface area contributed by atoms with Crippen LogP contribution in [0.5, 0.6) is 0 Å². The van der Waals surface area contributed by atoms with Gasteiger partial charge in [0.15, 0.2) is 0 Å². The fourth-order valence-corrected chi connectivity index (χ4v) is 4.16. The highest BCUT2D eigenvalue weighted by atomic mass is 16.2. The molecule has 0 spiro atoms. The molecule has 0 bridgehead atoms. The lowest BCUT2D eigenvalue weighted by atomic mass is 9.96. The van der Waals surface area contributed by atoms with E-state index < -0.39 is 0 Å². The molecule has 136 valence electrons. The largest absolute Gasteiger partial charge is 0.342 e. The molecule has 2 saturated heterocycles. The van der Waals surface area contributed by atoms with E-state index in [0.29, 0.717) is 18.9 Å². The van der Waals surface area contributed by atoms with Crippen molar-refractivity contribution in [2.45, 2.75) is 32.6 Å². The molecule has 1 aromatic carbocycles. The monoisotopic (exact) mass is 343 g/mol. The number of aryl methyl sites for hydroxylation is 1. The standard InChI is InChI=1S/C20H29N3O2/c1-3-16-8-4-5-9-18(16)23-14-17(11-19(23)24)20(25)22-10-6-7-15(13-22)12-21-2/h4-5,8-9,15,17,21H,3,6-7,10-14H2,1-2H3. The number of carbonyl (C=O) groups excluding carboxylic acids is 2. The summed E-state index contributed by atoms with van der Waals surface area (Å²) in [6.45, 7) is 5.20. The number of likely N-dealkylation sites (tertiary alicyclic amines) is 1. The summed E-state index contributed by atoms with van der Waals surface area (Å²) in [6.07, 6.45) is 3.45. The number of nitrogens with one attached hydrogen (secondary N) is 1. The lowest BCUT2D eigenvalue weighted by Crippen LogP contribution is -2.45. The SMILES string of the molecule is CCc1ccccc1N1CC(C(=O)N2CCCC(CNC)C2)CC1=O. The molecule has 0 saturated carbocycles. The first-order valence-corrected chi connectivity index (χ1v) is 9.45. The van der Waals surface area contributed by atoms with E-state index in [2.05, 4.69) is 18.3 Å². The van der Waals surface area contributed by atoms with Crippen molar-refractivity contribution in [2.75, 3.05) is 38.1 Å². The van der Waals surface area contributed by atoms with Crippen LogP contribution in [0.1, 0.15) is 31.7 Å². The molecule has 2 aliphatic heterocycles. The molecule has 2 aliphatic rings. The molecule has 3 rings (SSSR count). The number of piperidine rings is 1. The molecule has 2 unspecified atom stereocenters. The van der Waals surface area contributed by atoms with E-state index in [1.165, 1.54) is 6.42 Å². The van der Waals surface area contributed by atoms with Gasteiger partial charge >= 0.3 is 0 Å². The molecule has 2 atom stereocenters. The van der Waals surface area contributed by atoms with Gasteiger partial charge in [0.1, 0.15) is 0 Å². The van der Waals surface area contributed by atoms with Crippen molar-refractivity contribution in [2.24, 2.45) is 11.8 Å². The Kier molecular flexibility index (Phi) is 5.74. The van der Waals surface area contributed by atoms with E-state index in [1.807, 2.05) is 35.0 Å². The minimum absolute atomic E-state index is 0.0723. The van der Waals surface area contributed by atoms with Crippen LogP contribution in [0.15, 0.2) is 24.3 Å². The summed E-state index contributed by atoms with van der Waals surface area (Å²) in [5, 5.41) is 3.21. The third-order valence-corrected chi connectivity index (χ3v) is 5.46. The van der Waals surface area contributed by atoms with Gasteiger partial charge in [-0.1, -0.05) is 25.1 Å². The molecule has 2 amide bonds. The molecule has 2 heterocycles. The third kappa shape index (κ3) is 3.87. The molecule has 5 heteroatoms. The van der Waals surface area contributed by atoms with Crippen LogP contribution in [0.3, 0.4) is 0 Å². The molecule has 1 aromatic rings. The third-order valence-electron chi connectivity index (χ3n) is 5.46. The van der Waals surface area contributed by atoms with Crippen LogP contribution in [-0.4, -0.2) is 49.9 Å². The first-order chi connectivity index (χ1) is 12.1. The number of hydrogen-bond donors (Lipinski definition) is 1. The van der Waals surface area contributed by atoms with Gasteiger partial charge in [0, 0.05) is 31.7 Å². The Morgan fingerprint density at radius 3 is 2.84 bits per heavy atom. The molecule has 2 fully saturated rings. The molecule has 25 heavy (non-hydrogen) atoms. The molecule has 0 aromatic heterocycles. The molecular weight excluding hydrogens is 314 g/mol. The number of amides is 2. The maximum atomic E-state index is 13.0. The minimum atomic E-state index is -0.203. The number of anilines is 1. The summed E-state index contributed by atoms with van der Waals surface area (Å²) in [7, 11) is 1.96. The average molecular weight is 343 g/mol. The highest BCUT2D eigenvalue weighted by Crippen LogP contribution is 2.30. The Hall–Kier alpha value is -1.88. The Bertz CT molecular complexity index is 629. The van der Waals surface area contributed by atoms with Crippen LogP contribution in [0, 0.1) is 11.8 Å². The van der Waals surface area contributed by atoms with Crippen LogP contribution in [0.25, 0.3) is 0 Å². The zero-order chi connectivity index (χ0) is 17.8. The van der Waals surface area contributed by atoms with Crippen LogP contribution in [-0.2, 0) is 16.0 Å². The normalized spacial score (nSPS) is 24.0. The number of carbonyl (C=O) groups is 2. The quantitative estimate of drug-likeness (QED) is 0.890. The number of rotatable bonds is 5. The predicted molar refractivity (Wildman–Crippen MR) is 99.5 cm³/mol. The van der Waals surface area contributed by atoms with Gasteiger partial charge in [-0.2, -0.15) is 0 Å². The lowest BCUT2D eigenvalue weighted by molar-refractivity contribution is -0.137.